The van der Waals surface area contributed by atoms with Gasteiger partial charge in [-0.25, -0.2) is 0 Å². The van der Waals surface area contributed by atoms with E-state index in [0.717, 1.165) is 16.8 Å². The van der Waals surface area contributed by atoms with Gasteiger partial charge in [0, 0.05) is 11.3 Å². The van der Waals surface area contributed by atoms with E-state index < -0.39 is 5.91 Å². The van der Waals surface area contributed by atoms with Crippen LogP contribution in [0.25, 0.3) is 0 Å². The summed E-state index contributed by atoms with van der Waals surface area (Å²) in [6, 6.07) is 7.40. The highest BCUT2D eigenvalue weighted by Crippen LogP contribution is 2.42. The Morgan fingerprint density at radius 2 is 2.17 bits per heavy atom. The van der Waals surface area contributed by atoms with Crippen LogP contribution < -0.4 is 15.8 Å². The van der Waals surface area contributed by atoms with Gasteiger partial charge in [0.15, 0.2) is 12.4 Å². The maximum absolute atomic E-state index is 11.8. The number of rotatable bonds is 4. The fourth-order valence-electron chi connectivity index (χ4n) is 2.42. The maximum Gasteiger partial charge on any atom is 0.255 e. The molecule has 2 aromatic rings. The van der Waals surface area contributed by atoms with Crippen LogP contribution in [0.15, 0.2) is 24.3 Å². The van der Waals surface area contributed by atoms with Gasteiger partial charge in [0.05, 0.1) is 11.0 Å². The van der Waals surface area contributed by atoms with E-state index in [-0.39, 0.29) is 17.8 Å². The number of carbonyl (C=O) groups excluding carboxylic acids is 2. The number of H-pyrrole nitrogens is 1. The smallest absolute Gasteiger partial charge is 0.255 e. The molecule has 0 saturated carbocycles. The van der Waals surface area contributed by atoms with Crippen molar-refractivity contribution in [2.75, 3.05) is 17.7 Å². The molecule has 0 aliphatic carbocycles. The lowest BCUT2D eigenvalue weighted by Crippen LogP contribution is -2.19. The molecule has 1 aliphatic rings. The van der Waals surface area contributed by atoms with E-state index in [0.29, 0.717) is 17.3 Å². The summed E-state index contributed by atoms with van der Waals surface area (Å²) in [6.07, 6.45) is 0. The average Bonchev–Trinajstić information content (AvgIpc) is 2.78. The first-order valence-electron chi connectivity index (χ1n) is 7.02. The predicted octanol–water partition coefficient (Wildman–Crippen LogP) is 1.36. The summed E-state index contributed by atoms with van der Waals surface area (Å²) in [4.78, 5) is 22.5. The first kappa shape index (κ1) is 15.4. The lowest BCUT2D eigenvalue weighted by Gasteiger charge is -2.15. The van der Waals surface area contributed by atoms with E-state index in [9.17, 15) is 9.59 Å². The van der Waals surface area contributed by atoms with Crippen LogP contribution in [0.5, 0.6) is 5.75 Å². The van der Waals surface area contributed by atoms with Crippen molar-refractivity contribution in [1.82, 2.24) is 10.2 Å². The molecule has 0 unspecified atom stereocenters. The Morgan fingerprint density at radius 3 is 2.87 bits per heavy atom. The number of hydrogen-bond acceptors (Lipinski definition) is 5. The molecule has 23 heavy (non-hydrogen) atoms. The summed E-state index contributed by atoms with van der Waals surface area (Å²) < 4.78 is 5.26. The lowest BCUT2D eigenvalue weighted by molar-refractivity contribution is -0.120. The normalized spacial score (nSPS) is 17.1. The summed E-state index contributed by atoms with van der Waals surface area (Å²) in [5.74, 6) is 0.935. The molecule has 0 radical (unpaired) electrons. The van der Waals surface area contributed by atoms with Crippen LogP contribution in [-0.2, 0) is 9.59 Å². The van der Waals surface area contributed by atoms with Gasteiger partial charge >= 0.3 is 0 Å². The molecule has 1 atom stereocenters. The number of aromatic amines is 1. The molecule has 1 aromatic carbocycles. The summed E-state index contributed by atoms with van der Waals surface area (Å²) in [5.41, 5.74) is 7.99. The number of anilines is 1. The monoisotopic (exact) mass is 332 g/mol. The second-order valence-electron chi connectivity index (χ2n) is 5.17. The third kappa shape index (κ3) is 3.31. The zero-order valence-electron chi connectivity index (χ0n) is 12.5. The first-order valence-corrected chi connectivity index (χ1v) is 8.07. The molecule has 3 rings (SSSR count). The van der Waals surface area contributed by atoms with Crippen molar-refractivity contribution in [2.45, 2.75) is 12.2 Å². The minimum absolute atomic E-state index is 0.00658. The van der Waals surface area contributed by atoms with Crippen molar-refractivity contribution in [1.29, 1.82) is 0 Å². The van der Waals surface area contributed by atoms with Gasteiger partial charge in [-0.3, -0.25) is 14.7 Å². The van der Waals surface area contributed by atoms with Crippen LogP contribution in [0.2, 0.25) is 0 Å². The molecule has 0 fully saturated rings. The van der Waals surface area contributed by atoms with Crippen molar-refractivity contribution in [3.8, 4) is 5.75 Å². The minimum atomic E-state index is -0.517. The second kappa shape index (κ2) is 6.33. The molecule has 2 heterocycles. The number of hydrogen-bond donors (Lipinski definition) is 3. The highest BCUT2D eigenvalue weighted by atomic mass is 32.2. The van der Waals surface area contributed by atoms with Crippen molar-refractivity contribution >= 4 is 29.4 Å². The number of aryl methyl sites for hydroxylation is 1. The first-order chi connectivity index (χ1) is 11.0. The summed E-state index contributed by atoms with van der Waals surface area (Å²) in [5, 5.41) is 9.88. The van der Waals surface area contributed by atoms with E-state index in [1.807, 2.05) is 19.1 Å². The van der Waals surface area contributed by atoms with Crippen molar-refractivity contribution in [2.24, 2.45) is 5.73 Å². The van der Waals surface area contributed by atoms with Crippen LogP contribution in [0, 0.1) is 6.92 Å². The van der Waals surface area contributed by atoms with Gasteiger partial charge in [-0.1, -0.05) is 12.1 Å². The standard InChI is InChI=1S/C15H16N4O3S/c1-8-13-14(23-7-12(21)17-15(13)19-18-8)9-2-4-10(5-3-9)22-6-11(16)20/h2-5,14H,6-7H2,1H3,(H2,16,20)(H2,17,18,19,21)/t14-/m1/s1. The third-order valence-electron chi connectivity index (χ3n) is 3.46. The van der Waals surface area contributed by atoms with Gasteiger partial charge in [-0.15, -0.1) is 11.8 Å². The highest BCUT2D eigenvalue weighted by Gasteiger charge is 2.28. The van der Waals surface area contributed by atoms with Crippen LogP contribution >= 0.6 is 11.8 Å². The molecular formula is C15H16N4O3S. The summed E-state index contributed by atoms with van der Waals surface area (Å²) >= 11 is 1.54. The molecule has 120 valence electrons. The molecule has 2 amide bonds. The van der Waals surface area contributed by atoms with Crippen molar-refractivity contribution in [3.05, 3.63) is 41.1 Å². The Morgan fingerprint density at radius 1 is 1.43 bits per heavy atom. The minimum Gasteiger partial charge on any atom is -0.484 e. The van der Waals surface area contributed by atoms with E-state index in [4.69, 9.17) is 10.5 Å². The maximum atomic E-state index is 11.8. The largest absolute Gasteiger partial charge is 0.484 e. The molecule has 0 spiro atoms. The zero-order chi connectivity index (χ0) is 16.4. The van der Waals surface area contributed by atoms with Crippen LogP contribution in [0.4, 0.5) is 5.82 Å². The number of primary amides is 1. The molecule has 8 heteroatoms. The van der Waals surface area contributed by atoms with Gasteiger partial charge in [-0.2, -0.15) is 5.10 Å². The van der Waals surface area contributed by atoms with E-state index >= 15 is 0 Å². The van der Waals surface area contributed by atoms with Crippen molar-refractivity contribution < 1.29 is 14.3 Å². The molecule has 4 N–H and O–H groups in total. The Balaban J connectivity index is 1.87. The Labute approximate surface area is 137 Å². The van der Waals surface area contributed by atoms with Crippen LogP contribution in [-0.4, -0.2) is 34.4 Å². The van der Waals surface area contributed by atoms with Gasteiger partial charge in [0.25, 0.3) is 5.91 Å². The molecule has 7 nitrogen and oxygen atoms in total. The number of thioether (sulfide) groups is 1. The van der Waals surface area contributed by atoms with Gasteiger partial charge in [0.1, 0.15) is 5.75 Å². The molecular weight excluding hydrogens is 316 g/mol. The molecule has 0 bridgehead atoms. The molecule has 1 aliphatic heterocycles. The van der Waals surface area contributed by atoms with Gasteiger partial charge < -0.3 is 15.8 Å². The quantitative estimate of drug-likeness (QED) is 0.783. The van der Waals surface area contributed by atoms with Gasteiger partial charge in [0.2, 0.25) is 5.91 Å². The number of nitrogens with one attached hydrogen (secondary N) is 2. The fourth-order valence-corrected chi connectivity index (χ4v) is 3.62. The number of amides is 2. The molecule has 1 aromatic heterocycles. The third-order valence-corrected chi connectivity index (χ3v) is 4.73. The Bertz CT molecular complexity index is 742. The van der Waals surface area contributed by atoms with E-state index in [1.165, 1.54) is 0 Å². The Kier molecular flexibility index (Phi) is 4.24. The fraction of sp³-hybridized carbons (Fsp3) is 0.267. The number of aromatic nitrogens is 2. The number of benzene rings is 1. The number of fused-ring (bicyclic) bond motifs is 1. The lowest BCUT2D eigenvalue weighted by atomic mass is 10.0. The van der Waals surface area contributed by atoms with Crippen LogP contribution in [0.3, 0.4) is 0 Å². The second-order valence-corrected chi connectivity index (χ2v) is 6.27. The predicted molar refractivity (Wildman–Crippen MR) is 87.4 cm³/mol. The van der Waals surface area contributed by atoms with Crippen molar-refractivity contribution in [3.63, 3.8) is 0 Å². The summed E-state index contributed by atoms with van der Waals surface area (Å²) in [7, 11) is 0. The van der Waals surface area contributed by atoms with Crippen LogP contribution in [0.1, 0.15) is 22.1 Å². The SMILES string of the molecule is Cc1[nH]nc2c1[C@@H](c1ccc(OCC(N)=O)cc1)SCC(=O)N2. The number of nitrogens with two attached hydrogens (primary N) is 1. The summed E-state index contributed by atoms with van der Waals surface area (Å²) in [6.45, 7) is 1.78. The van der Waals surface area contributed by atoms with Gasteiger partial charge in [-0.05, 0) is 24.6 Å². The topological polar surface area (TPSA) is 110 Å². The average molecular weight is 332 g/mol. The number of carbonyl (C=O) groups is 2. The highest BCUT2D eigenvalue weighted by molar-refractivity contribution is 8.00. The Hall–Kier alpha value is -2.48. The zero-order valence-corrected chi connectivity index (χ0v) is 13.3. The number of nitrogens with zero attached hydrogens (tertiary/aromatic N) is 1. The van der Waals surface area contributed by atoms with E-state index in [1.54, 1.807) is 23.9 Å². The number of ether oxygens (including phenoxy) is 1. The van der Waals surface area contributed by atoms with E-state index in [2.05, 4.69) is 15.5 Å². The molecule has 0 saturated heterocycles.